The van der Waals surface area contributed by atoms with Gasteiger partial charge in [0.1, 0.15) is 11.3 Å². The Balaban J connectivity index is 1.56. The van der Waals surface area contributed by atoms with Crippen molar-refractivity contribution in [3.05, 3.63) is 36.3 Å². The maximum Gasteiger partial charge on any atom is 0.225 e. The number of benzene rings is 1. The van der Waals surface area contributed by atoms with E-state index in [9.17, 15) is 4.79 Å². The number of rotatable bonds is 4. The summed E-state index contributed by atoms with van der Waals surface area (Å²) >= 11 is 0. The molecule has 27 heavy (non-hydrogen) atoms. The number of carbonyl (C=O) groups is 1. The van der Waals surface area contributed by atoms with Gasteiger partial charge in [0.15, 0.2) is 5.82 Å². The molecule has 1 aliphatic rings. The molecule has 0 radical (unpaired) electrons. The average molecular weight is 361 g/mol. The minimum absolute atomic E-state index is 0.176. The Bertz CT molecular complexity index is 1160. The van der Waals surface area contributed by atoms with E-state index in [2.05, 4.69) is 25.1 Å². The van der Waals surface area contributed by atoms with Crippen molar-refractivity contribution in [3.8, 4) is 11.3 Å². The highest BCUT2D eigenvalue weighted by Gasteiger charge is 2.32. The molecule has 0 spiro atoms. The van der Waals surface area contributed by atoms with Gasteiger partial charge in [0.25, 0.3) is 0 Å². The first-order valence-electron chi connectivity index (χ1n) is 8.93. The number of amides is 1. The SMILES string of the molecule is CN(Cc1nc2c(N)nc3cc(-c4cc[nH]n4)ccc3c2[nH]1)C(=O)C1CC1. The van der Waals surface area contributed by atoms with E-state index < -0.39 is 0 Å². The maximum atomic E-state index is 12.2. The van der Waals surface area contributed by atoms with E-state index in [1.54, 1.807) is 11.1 Å². The van der Waals surface area contributed by atoms with Gasteiger partial charge < -0.3 is 15.6 Å². The van der Waals surface area contributed by atoms with Gasteiger partial charge in [0.05, 0.1) is 23.3 Å². The van der Waals surface area contributed by atoms with E-state index in [0.29, 0.717) is 23.7 Å². The second kappa shape index (κ2) is 5.80. The van der Waals surface area contributed by atoms with Gasteiger partial charge in [0.2, 0.25) is 5.91 Å². The summed E-state index contributed by atoms with van der Waals surface area (Å²) in [5, 5.41) is 7.96. The number of anilines is 1. The number of nitrogens with two attached hydrogens (primary N) is 1. The second-order valence-corrected chi connectivity index (χ2v) is 7.06. The third-order valence-electron chi connectivity index (χ3n) is 4.99. The van der Waals surface area contributed by atoms with Crippen LogP contribution in [0.2, 0.25) is 0 Å². The zero-order chi connectivity index (χ0) is 18.5. The van der Waals surface area contributed by atoms with E-state index in [-0.39, 0.29) is 11.8 Å². The zero-order valence-corrected chi connectivity index (χ0v) is 14.9. The summed E-state index contributed by atoms with van der Waals surface area (Å²) in [6, 6.07) is 7.86. The average Bonchev–Trinajstić information content (AvgIpc) is 3.18. The fraction of sp³-hybridized carbons (Fsp3) is 0.263. The number of hydrogen-bond donors (Lipinski definition) is 3. The van der Waals surface area contributed by atoms with Crippen LogP contribution in [-0.4, -0.2) is 43.0 Å². The number of nitrogens with zero attached hydrogens (tertiary/aromatic N) is 4. The molecule has 8 heteroatoms. The van der Waals surface area contributed by atoms with Gasteiger partial charge in [-0.15, -0.1) is 0 Å². The summed E-state index contributed by atoms with van der Waals surface area (Å²) in [5.74, 6) is 1.44. The highest BCUT2D eigenvalue weighted by Crippen LogP contribution is 2.32. The lowest BCUT2D eigenvalue weighted by molar-refractivity contribution is -0.131. The van der Waals surface area contributed by atoms with E-state index in [0.717, 1.165) is 40.5 Å². The molecule has 4 N–H and O–H groups in total. The van der Waals surface area contributed by atoms with Gasteiger partial charge >= 0.3 is 0 Å². The van der Waals surface area contributed by atoms with Crippen molar-refractivity contribution in [1.82, 2.24) is 30.0 Å². The molecule has 3 heterocycles. The first kappa shape index (κ1) is 15.8. The molecule has 4 aromatic rings. The molecule has 0 unspecified atom stereocenters. The highest BCUT2D eigenvalue weighted by atomic mass is 16.2. The van der Waals surface area contributed by atoms with Crippen LogP contribution in [0.1, 0.15) is 18.7 Å². The number of nitrogen functional groups attached to an aromatic ring is 1. The molecule has 1 aliphatic carbocycles. The molecule has 8 nitrogen and oxygen atoms in total. The van der Waals surface area contributed by atoms with Gasteiger partial charge in [-0.1, -0.05) is 6.07 Å². The van der Waals surface area contributed by atoms with Gasteiger partial charge in [0, 0.05) is 30.1 Å². The molecule has 1 aromatic carbocycles. The number of imidazole rings is 1. The Labute approximate surface area is 154 Å². The summed E-state index contributed by atoms with van der Waals surface area (Å²) in [6.07, 6.45) is 3.76. The monoisotopic (exact) mass is 361 g/mol. The van der Waals surface area contributed by atoms with Gasteiger partial charge in [-0.05, 0) is 31.0 Å². The van der Waals surface area contributed by atoms with E-state index in [1.165, 1.54) is 0 Å². The van der Waals surface area contributed by atoms with Crippen molar-refractivity contribution in [3.63, 3.8) is 0 Å². The third kappa shape index (κ3) is 2.69. The van der Waals surface area contributed by atoms with Gasteiger partial charge in [-0.2, -0.15) is 5.10 Å². The summed E-state index contributed by atoms with van der Waals surface area (Å²) in [4.78, 5) is 26.3. The lowest BCUT2D eigenvalue weighted by Gasteiger charge is -2.14. The molecule has 1 saturated carbocycles. The van der Waals surface area contributed by atoms with Crippen molar-refractivity contribution in [1.29, 1.82) is 0 Å². The van der Waals surface area contributed by atoms with Crippen molar-refractivity contribution >= 4 is 33.7 Å². The Morgan fingerprint density at radius 2 is 2.15 bits per heavy atom. The fourth-order valence-electron chi connectivity index (χ4n) is 3.42. The Morgan fingerprint density at radius 1 is 1.30 bits per heavy atom. The van der Waals surface area contributed by atoms with E-state index in [1.807, 2.05) is 31.3 Å². The summed E-state index contributed by atoms with van der Waals surface area (Å²) in [7, 11) is 1.81. The van der Waals surface area contributed by atoms with Crippen LogP contribution in [0.15, 0.2) is 30.5 Å². The number of H-pyrrole nitrogens is 2. The molecule has 5 rings (SSSR count). The minimum atomic E-state index is 0.176. The van der Waals surface area contributed by atoms with Crippen molar-refractivity contribution in [2.24, 2.45) is 5.92 Å². The molecule has 3 aromatic heterocycles. The van der Waals surface area contributed by atoms with Gasteiger partial charge in [-0.25, -0.2) is 9.97 Å². The van der Waals surface area contributed by atoms with E-state index >= 15 is 0 Å². The van der Waals surface area contributed by atoms with Crippen molar-refractivity contribution < 1.29 is 4.79 Å². The summed E-state index contributed by atoms with van der Waals surface area (Å²) < 4.78 is 0. The molecule has 0 bridgehead atoms. The topological polar surface area (TPSA) is 117 Å². The smallest absolute Gasteiger partial charge is 0.225 e. The number of fused-ring (bicyclic) bond motifs is 3. The molecular weight excluding hydrogens is 342 g/mol. The standard InChI is InChI=1S/C19H19N7O/c1-26(19(27)10-2-3-10)9-15-23-16-12-5-4-11(13-6-7-21-25-13)8-14(12)22-18(20)17(16)24-15/h4-8,10H,2-3,9H2,1H3,(H2,20,22)(H,21,25)(H,23,24). The molecule has 0 saturated heterocycles. The van der Waals surface area contributed by atoms with Crippen LogP contribution in [0.3, 0.4) is 0 Å². The number of aromatic nitrogens is 5. The van der Waals surface area contributed by atoms with Crippen LogP contribution < -0.4 is 5.73 Å². The molecule has 1 amide bonds. The third-order valence-corrected chi connectivity index (χ3v) is 4.99. The van der Waals surface area contributed by atoms with Crippen molar-refractivity contribution in [2.75, 3.05) is 12.8 Å². The molecular formula is C19H19N7O. The Hall–Kier alpha value is -3.42. The first-order valence-corrected chi connectivity index (χ1v) is 8.93. The lowest BCUT2D eigenvalue weighted by Crippen LogP contribution is -2.27. The predicted molar refractivity (Wildman–Crippen MR) is 103 cm³/mol. The summed E-state index contributed by atoms with van der Waals surface area (Å²) in [5.41, 5.74) is 10.2. The van der Waals surface area contributed by atoms with E-state index in [4.69, 9.17) is 5.73 Å². The first-order chi connectivity index (χ1) is 13.1. The van der Waals surface area contributed by atoms with Crippen molar-refractivity contribution in [2.45, 2.75) is 19.4 Å². The number of nitrogens with one attached hydrogen (secondary N) is 2. The van der Waals surface area contributed by atoms with Crippen LogP contribution in [-0.2, 0) is 11.3 Å². The second-order valence-electron chi connectivity index (χ2n) is 7.06. The van der Waals surface area contributed by atoms with Gasteiger partial charge in [-0.3, -0.25) is 9.89 Å². The largest absolute Gasteiger partial charge is 0.382 e. The molecule has 0 aliphatic heterocycles. The van der Waals surface area contributed by atoms with Crippen LogP contribution in [0.4, 0.5) is 5.82 Å². The maximum absolute atomic E-state index is 12.2. The highest BCUT2D eigenvalue weighted by molar-refractivity contribution is 6.07. The molecule has 136 valence electrons. The summed E-state index contributed by atoms with van der Waals surface area (Å²) in [6.45, 7) is 0.427. The fourth-order valence-corrected chi connectivity index (χ4v) is 3.42. The van der Waals surface area contributed by atoms with Crippen LogP contribution >= 0.6 is 0 Å². The Morgan fingerprint density at radius 3 is 2.89 bits per heavy atom. The molecule has 1 fully saturated rings. The van der Waals surface area contributed by atoms with Crippen LogP contribution in [0.25, 0.3) is 33.2 Å². The lowest BCUT2D eigenvalue weighted by atomic mass is 10.1. The Kier molecular flexibility index (Phi) is 3.40. The molecule has 0 atom stereocenters. The number of hydrogen-bond acceptors (Lipinski definition) is 5. The van der Waals surface area contributed by atoms with Crippen LogP contribution in [0.5, 0.6) is 0 Å². The quantitative estimate of drug-likeness (QED) is 0.516. The number of pyridine rings is 1. The number of aromatic amines is 2. The normalized spacial score (nSPS) is 14.1. The number of carbonyl (C=O) groups excluding carboxylic acids is 1. The zero-order valence-electron chi connectivity index (χ0n) is 14.9. The minimum Gasteiger partial charge on any atom is -0.382 e. The predicted octanol–water partition coefficient (Wildman–Crippen LogP) is 2.45. The van der Waals surface area contributed by atoms with Crippen LogP contribution in [0, 0.1) is 5.92 Å².